The van der Waals surface area contributed by atoms with Crippen molar-refractivity contribution >= 4 is 17.3 Å². The number of rotatable bonds is 6. The Morgan fingerprint density at radius 1 is 1.08 bits per heavy atom. The summed E-state index contributed by atoms with van der Waals surface area (Å²) in [5.74, 6) is 0.419. The largest absolute Gasteiger partial charge is 0.497 e. The van der Waals surface area contributed by atoms with E-state index in [1.54, 1.807) is 37.3 Å². The van der Waals surface area contributed by atoms with Gasteiger partial charge in [-0.1, -0.05) is 12.1 Å². The molecule has 7 heteroatoms. The van der Waals surface area contributed by atoms with Gasteiger partial charge < -0.3 is 14.8 Å². The highest BCUT2D eigenvalue weighted by Crippen LogP contribution is 2.27. The number of methoxy groups -OCH3 is 2. The number of nitro benzene ring substituents is 1. The second kappa shape index (κ2) is 7.45. The van der Waals surface area contributed by atoms with Crippen molar-refractivity contribution in [3.05, 3.63) is 58.1 Å². The fourth-order valence-corrected chi connectivity index (χ4v) is 2.17. The van der Waals surface area contributed by atoms with E-state index < -0.39 is 10.8 Å². The lowest BCUT2D eigenvalue weighted by atomic mass is 10.00. The lowest BCUT2D eigenvalue weighted by molar-refractivity contribution is -0.384. The van der Waals surface area contributed by atoms with Crippen LogP contribution in [-0.4, -0.2) is 25.1 Å². The maximum absolute atomic E-state index is 12.4. The minimum atomic E-state index is -0.475. The Bertz CT molecular complexity index is 721. The minimum Gasteiger partial charge on any atom is -0.497 e. The monoisotopic (exact) mass is 330 g/mol. The lowest BCUT2D eigenvalue weighted by Crippen LogP contribution is -2.18. The third-order valence-electron chi connectivity index (χ3n) is 3.62. The van der Waals surface area contributed by atoms with E-state index in [1.807, 2.05) is 0 Å². The molecule has 0 heterocycles. The highest BCUT2D eigenvalue weighted by molar-refractivity contribution is 5.96. The molecule has 0 aliphatic heterocycles. The average Bonchev–Trinajstić information content (AvgIpc) is 2.60. The number of ether oxygens (including phenoxy) is 2. The molecule has 1 atom stereocenters. The van der Waals surface area contributed by atoms with Gasteiger partial charge in [0.15, 0.2) is 0 Å². The van der Waals surface area contributed by atoms with Crippen LogP contribution < -0.4 is 14.8 Å². The molecule has 2 rings (SSSR count). The Morgan fingerprint density at radius 2 is 1.62 bits per heavy atom. The Hall–Kier alpha value is -3.09. The molecule has 0 aromatic heterocycles. The molecule has 0 fully saturated rings. The maximum atomic E-state index is 12.4. The van der Waals surface area contributed by atoms with E-state index in [0.717, 1.165) is 0 Å². The zero-order chi connectivity index (χ0) is 17.7. The van der Waals surface area contributed by atoms with Crippen molar-refractivity contribution in [3.8, 4) is 11.5 Å². The summed E-state index contributed by atoms with van der Waals surface area (Å²) in [5, 5.41) is 13.5. The van der Waals surface area contributed by atoms with E-state index >= 15 is 0 Å². The first-order valence-corrected chi connectivity index (χ1v) is 7.23. The van der Waals surface area contributed by atoms with Crippen LogP contribution in [0.3, 0.4) is 0 Å². The van der Waals surface area contributed by atoms with Crippen molar-refractivity contribution in [3.63, 3.8) is 0 Å². The van der Waals surface area contributed by atoms with Gasteiger partial charge in [0.2, 0.25) is 5.91 Å². The average molecular weight is 330 g/mol. The fourth-order valence-electron chi connectivity index (χ4n) is 2.17. The first kappa shape index (κ1) is 17.3. The Balaban J connectivity index is 2.15. The Kier molecular flexibility index (Phi) is 5.36. The molecule has 0 radical (unpaired) electrons. The summed E-state index contributed by atoms with van der Waals surface area (Å²) in [6.07, 6.45) is 0. The molecular weight excluding hydrogens is 312 g/mol. The topological polar surface area (TPSA) is 90.7 Å². The molecule has 0 aliphatic carbocycles. The summed E-state index contributed by atoms with van der Waals surface area (Å²) in [7, 11) is 3.06. The number of amides is 1. The van der Waals surface area contributed by atoms with Gasteiger partial charge in [0.25, 0.3) is 5.69 Å². The van der Waals surface area contributed by atoms with E-state index in [9.17, 15) is 14.9 Å². The summed E-state index contributed by atoms with van der Waals surface area (Å²) in [5.41, 5.74) is 1.22. The van der Waals surface area contributed by atoms with Crippen molar-refractivity contribution < 1.29 is 19.2 Å². The van der Waals surface area contributed by atoms with Gasteiger partial charge >= 0.3 is 0 Å². The van der Waals surface area contributed by atoms with Gasteiger partial charge in [-0.05, 0) is 12.5 Å². The van der Waals surface area contributed by atoms with E-state index in [0.29, 0.717) is 22.7 Å². The molecule has 2 aromatic rings. The number of carbonyl (C=O) groups excluding carboxylic acids is 1. The Morgan fingerprint density at radius 3 is 2.08 bits per heavy atom. The number of nitrogens with zero attached hydrogens (tertiary/aromatic N) is 1. The van der Waals surface area contributed by atoms with Crippen LogP contribution >= 0.6 is 0 Å². The fraction of sp³-hybridized carbons (Fsp3) is 0.235. The van der Waals surface area contributed by atoms with Gasteiger partial charge in [-0.2, -0.15) is 0 Å². The predicted octanol–water partition coefficient (Wildman–Crippen LogP) is 3.35. The summed E-state index contributed by atoms with van der Waals surface area (Å²) < 4.78 is 10.3. The second-order valence-electron chi connectivity index (χ2n) is 5.16. The third-order valence-corrected chi connectivity index (χ3v) is 3.62. The number of hydrogen-bond donors (Lipinski definition) is 1. The normalized spacial score (nSPS) is 11.5. The number of anilines is 1. The summed E-state index contributed by atoms with van der Waals surface area (Å²) in [6.45, 7) is 1.73. The van der Waals surface area contributed by atoms with Gasteiger partial charge in [-0.25, -0.2) is 0 Å². The van der Waals surface area contributed by atoms with Crippen LogP contribution in [0.15, 0.2) is 42.5 Å². The van der Waals surface area contributed by atoms with Gasteiger partial charge in [0, 0.05) is 36.0 Å². The zero-order valence-electron chi connectivity index (χ0n) is 13.6. The van der Waals surface area contributed by atoms with E-state index in [-0.39, 0.29) is 11.6 Å². The molecule has 1 amide bonds. The van der Waals surface area contributed by atoms with Crippen LogP contribution in [0.5, 0.6) is 11.5 Å². The standard InChI is InChI=1S/C17H18N2O5/c1-11(12-4-6-14(7-5-12)19(21)22)17(20)18-13-8-15(23-2)10-16(9-13)24-3/h4-11H,1-3H3,(H,18,20). The first-order chi connectivity index (χ1) is 11.4. The summed E-state index contributed by atoms with van der Waals surface area (Å²) >= 11 is 0. The minimum absolute atomic E-state index is 0.0103. The summed E-state index contributed by atoms with van der Waals surface area (Å²) in [4.78, 5) is 22.6. The summed E-state index contributed by atoms with van der Waals surface area (Å²) in [6, 6.07) is 11.0. The molecule has 0 spiro atoms. The van der Waals surface area contributed by atoms with Crippen molar-refractivity contribution in [1.82, 2.24) is 0 Å². The molecule has 0 aliphatic rings. The first-order valence-electron chi connectivity index (χ1n) is 7.23. The molecule has 24 heavy (non-hydrogen) atoms. The van der Waals surface area contributed by atoms with Crippen molar-refractivity contribution in [1.29, 1.82) is 0 Å². The van der Waals surface area contributed by atoms with Crippen molar-refractivity contribution in [2.45, 2.75) is 12.8 Å². The van der Waals surface area contributed by atoms with Crippen LogP contribution in [-0.2, 0) is 4.79 Å². The molecule has 0 saturated carbocycles. The van der Waals surface area contributed by atoms with E-state index in [2.05, 4.69) is 5.32 Å². The lowest BCUT2D eigenvalue weighted by Gasteiger charge is -2.14. The van der Waals surface area contributed by atoms with E-state index in [1.165, 1.54) is 26.4 Å². The van der Waals surface area contributed by atoms with Crippen LogP contribution in [0.25, 0.3) is 0 Å². The van der Waals surface area contributed by atoms with Crippen LogP contribution in [0, 0.1) is 10.1 Å². The molecule has 0 bridgehead atoms. The van der Waals surface area contributed by atoms with Crippen molar-refractivity contribution in [2.75, 3.05) is 19.5 Å². The second-order valence-corrected chi connectivity index (χ2v) is 5.16. The highest BCUT2D eigenvalue weighted by atomic mass is 16.6. The molecule has 0 saturated heterocycles. The quantitative estimate of drug-likeness (QED) is 0.648. The zero-order valence-corrected chi connectivity index (χ0v) is 13.6. The number of nitro groups is 1. The molecule has 1 N–H and O–H groups in total. The van der Waals surface area contributed by atoms with Crippen LogP contribution in [0.2, 0.25) is 0 Å². The van der Waals surface area contributed by atoms with Crippen LogP contribution in [0.4, 0.5) is 11.4 Å². The maximum Gasteiger partial charge on any atom is 0.269 e. The molecule has 1 unspecified atom stereocenters. The Labute approximate surface area is 139 Å². The number of hydrogen-bond acceptors (Lipinski definition) is 5. The number of nitrogens with one attached hydrogen (secondary N) is 1. The molecule has 2 aromatic carbocycles. The van der Waals surface area contributed by atoms with Gasteiger partial charge in [0.05, 0.1) is 25.1 Å². The number of carbonyl (C=O) groups is 1. The smallest absolute Gasteiger partial charge is 0.269 e. The third kappa shape index (κ3) is 4.01. The van der Waals surface area contributed by atoms with Crippen molar-refractivity contribution in [2.24, 2.45) is 0 Å². The van der Waals surface area contributed by atoms with Gasteiger partial charge in [0.1, 0.15) is 11.5 Å². The van der Waals surface area contributed by atoms with Gasteiger partial charge in [-0.3, -0.25) is 14.9 Å². The van der Waals surface area contributed by atoms with Gasteiger partial charge in [-0.15, -0.1) is 0 Å². The number of non-ortho nitro benzene ring substituents is 1. The molecular formula is C17H18N2O5. The highest BCUT2D eigenvalue weighted by Gasteiger charge is 2.17. The molecule has 7 nitrogen and oxygen atoms in total. The molecule has 126 valence electrons. The predicted molar refractivity (Wildman–Crippen MR) is 89.7 cm³/mol. The van der Waals surface area contributed by atoms with E-state index in [4.69, 9.17) is 9.47 Å². The SMILES string of the molecule is COc1cc(NC(=O)C(C)c2ccc([N+](=O)[O-])cc2)cc(OC)c1. The number of benzene rings is 2. The van der Waals surface area contributed by atoms with Crippen LogP contribution in [0.1, 0.15) is 18.4 Å².